The van der Waals surface area contributed by atoms with Gasteiger partial charge in [-0.25, -0.2) is 4.79 Å². The minimum Gasteiger partial charge on any atom is -0.456 e. The number of allylic oxidation sites excluding steroid dienone is 1. The number of thioether (sulfide) groups is 1. The van der Waals surface area contributed by atoms with Crippen molar-refractivity contribution in [1.29, 1.82) is 0 Å². The lowest BCUT2D eigenvalue weighted by molar-refractivity contribution is -0.143. The Morgan fingerprint density at radius 3 is 2.59 bits per heavy atom. The Bertz CT molecular complexity index is 614. The van der Waals surface area contributed by atoms with Crippen LogP contribution in [0, 0.1) is 0 Å². The zero-order chi connectivity index (χ0) is 15.9. The van der Waals surface area contributed by atoms with Crippen LogP contribution in [0.3, 0.4) is 0 Å². The quantitative estimate of drug-likeness (QED) is 0.448. The second kappa shape index (κ2) is 5.93. The highest BCUT2D eigenvalue weighted by Gasteiger charge is 2.64. The lowest BCUT2D eigenvalue weighted by Gasteiger charge is -2.65. The minimum absolute atomic E-state index is 0.165. The van der Waals surface area contributed by atoms with E-state index in [1.807, 2.05) is 55.9 Å². The first-order valence-corrected chi connectivity index (χ1v) is 9.16. The predicted molar refractivity (Wildman–Crippen MR) is 93.8 cm³/mol. The number of rotatable bonds is 4. The van der Waals surface area contributed by atoms with Crippen LogP contribution in [-0.4, -0.2) is 32.4 Å². The molecule has 2 saturated heterocycles. The second-order valence-electron chi connectivity index (χ2n) is 6.10. The van der Waals surface area contributed by atoms with Crippen LogP contribution in [0.2, 0.25) is 0 Å². The van der Waals surface area contributed by atoms with E-state index in [2.05, 4.69) is 27.8 Å². The van der Waals surface area contributed by atoms with Gasteiger partial charge in [0, 0.05) is 11.8 Å². The number of ether oxygens (including phenoxy) is 1. The van der Waals surface area contributed by atoms with E-state index in [1.165, 1.54) is 0 Å². The van der Waals surface area contributed by atoms with Crippen molar-refractivity contribution in [3.05, 3.63) is 47.2 Å². The van der Waals surface area contributed by atoms with E-state index in [-0.39, 0.29) is 10.3 Å². The Hall–Kier alpha value is -0.940. The number of nitrogens with zero attached hydrogens (tertiary/aromatic N) is 1. The van der Waals surface area contributed by atoms with Gasteiger partial charge in [-0.1, -0.05) is 53.2 Å². The summed E-state index contributed by atoms with van der Waals surface area (Å²) < 4.78 is 5.68. The molecule has 5 heteroatoms. The van der Waals surface area contributed by atoms with E-state index in [0.29, 0.717) is 17.2 Å². The fourth-order valence-electron chi connectivity index (χ4n) is 2.92. The summed E-state index contributed by atoms with van der Waals surface area (Å²) in [7, 11) is 0. The van der Waals surface area contributed by atoms with Crippen molar-refractivity contribution >= 4 is 33.7 Å². The highest BCUT2D eigenvalue weighted by atomic mass is 79.9. The molecule has 2 heterocycles. The van der Waals surface area contributed by atoms with Gasteiger partial charge in [-0.2, -0.15) is 0 Å². The number of esters is 1. The number of fused-ring (bicyclic) bond motifs is 1. The third-order valence-electron chi connectivity index (χ3n) is 4.28. The lowest BCUT2D eigenvalue weighted by atomic mass is 9.92. The molecule has 0 bridgehead atoms. The molecule has 2 fully saturated rings. The summed E-state index contributed by atoms with van der Waals surface area (Å²) in [5.74, 6) is -0.224. The van der Waals surface area contributed by atoms with Gasteiger partial charge >= 0.3 is 5.97 Å². The number of alkyl halides is 1. The molecule has 1 aromatic carbocycles. The minimum atomic E-state index is -0.224. The fourth-order valence-corrected chi connectivity index (χ4v) is 5.50. The maximum atomic E-state index is 12.5. The van der Waals surface area contributed by atoms with Crippen molar-refractivity contribution in [3.8, 4) is 0 Å². The van der Waals surface area contributed by atoms with Crippen molar-refractivity contribution in [1.82, 2.24) is 4.90 Å². The zero-order valence-electron chi connectivity index (χ0n) is 13.0. The number of hydrogen-bond acceptors (Lipinski definition) is 4. The van der Waals surface area contributed by atoms with Crippen molar-refractivity contribution < 1.29 is 9.53 Å². The Balaban J connectivity index is 1.66. The molecule has 2 aliphatic rings. The Kier molecular flexibility index (Phi) is 4.29. The monoisotopic (exact) mass is 381 g/mol. The Morgan fingerprint density at radius 2 is 2.09 bits per heavy atom. The van der Waals surface area contributed by atoms with Crippen LogP contribution in [0.5, 0.6) is 0 Å². The van der Waals surface area contributed by atoms with Gasteiger partial charge in [0.15, 0.2) is 0 Å². The molecule has 1 aromatic rings. The van der Waals surface area contributed by atoms with Gasteiger partial charge in [0.25, 0.3) is 0 Å². The summed E-state index contributed by atoms with van der Waals surface area (Å²) in [6, 6.07) is 9.79. The fraction of sp³-hybridized carbons (Fsp3) is 0.471. The molecule has 0 radical (unpaired) electrons. The van der Waals surface area contributed by atoms with E-state index in [4.69, 9.17) is 4.74 Å². The average molecular weight is 382 g/mol. The van der Waals surface area contributed by atoms with Gasteiger partial charge in [0.2, 0.25) is 0 Å². The molecule has 118 valence electrons. The number of hydrogen-bond donors (Lipinski definition) is 0. The molecule has 2 aliphatic heterocycles. The van der Waals surface area contributed by atoms with E-state index in [0.717, 1.165) is 23.4 Å². The molecule has 0 spiro atoms. The van der Waals surface area contributed by atoms with Crippen molar-refractivity contribution in [2.24, 2.45) is 0 Å². The molecule has 22 heavy (non-hydrogen) atoms. The van der Waals surface area contributed by atoms with Gasteiger partial charge in [-0.05, 0) is 25.0 Å². The van der Waals surface area contributed by atoms with Crippen LogP contribution < -0.4 is 0 Å². The van der Waals surface area contributed by atoms with Gasteiger partial charge in [0.05, 0.1) is 9.70 Å². The number of halogens is 1. The number of carbonyl (C=O) groups is 1. The standard InChI is InChI=1S/C17H20BrNO2S/c1-11(2)14(19-10-17(18)12(3)22-16(17)19)15(20)21-9-13-7-5-4-6-8-13/h4-8,12,16H,9-10H2,1-3H3. The summed E-state index contributed by atoms with van der Waals surface area (Å²) in [6.07, 6.45) is 0. The molecule has 0 saturated carbocycles. The van der Waals surface area contributed by atoms with Crippen LogP contribution in [0.4, 0.5) is 0 Å². The SMILES string of the molecule is CC(C)=C(C(=O)OCc1ccccc1)N1CC2(Br)C(C)SC12. The molecular weight excluding hydrogens is 362 g/mol. The molecule has 0 N–H and O–H groups in total. The maximum Gasteiger partial charge on any atom is 0.354 e. The molecular formula is C17H20BrNO2S. The molecule has 3 unspecified atom stereocenters. The highest BCUT2D eigenvalue weighted by Crippen LogP contribution is 2.61. The van der Waals surface area contributed by atoms with Crippen molar-refractivity contribution in [2.45, 2.75) is 42.3 Å². The summed E-state index contributed by atoms with van der Waals surface area (Å²) in [4.78, 5) is 14.7. The third-order valence-corrected chi connectivity index (χ3v) is 8.02. The predicted octanol–water partition coefficient (Wildman–Crippen LogP) is 3.93. The average Bonchev–Trinajstić information content (AvgIpc) is 2.50. The molecule has 3 atom stereocenters. The summed E-state index contributed by atoms with van der Waals surface area (Å²) in [6.45, 7) is 7.36. The number of carbonyl (C=O) groups excluding carboxylic acids is 1. The first-order chi connectivity index (χ1) is 10.4. The Morgan fingerprint density at radius 1 is 1.41 bits per heavy atom. The normalized spacial score (nSPS) is 29.0. The topological polar surface area (TPSA) is 29.5 Å². The van der Waals surface area contributed by atoms with E-state index >= 15 is 0 Å². The van der Waals surface area contributed by atoms with Gasteiger partial charge in [0.1, 0.15) is 12.3 Å². The van der Waals surface area contributed by atoms with Gasteiger partial charge < -0.3 is 9.64 Å². The smallest absolute Gasteiger partial charge is 0.354 e. The summed E-state index contributed by atoms with van der Waals surface area (Å²) >= 11 is 5.73. The van der Waals surface area contributed by atoms with Crippen LogP contribution in [0.15, 0.2) is 41.6 Å². The van der Waals surface area contributed by atoms with Crippen LogP contribution in [0.25, 0.3) is 0 Å². The van der Waals surface area contributed by atoms with Crippen LogP contribution in [0.1, 0.15) is 26.3 Å². The van der Waals surface area contributed by atoms with Crippen LogP contribution in [-0.2, 0) is 16.1 Å². The Labute approximate surface area is 144 Å². The number of benzene rings is 1. The van der Waals surface area contributed by atoms with Gasteiger partial charge in [-0.15, -0.1) is 11.8 Å². The lowest BCUT2D eigenvalue weighted by Crippen LogP contribution is -2.75. The number of likely N-dealkylation sites (tertiary alicyclic amines) is 1. The summed E-state index contributed by atoms with van der Waals surface area (Å²) in [5.41, 5.74) is 2.73. The van der Waals surface area contributed by atoms with E-state index < -0.39 is 0 Å². The molecule has 3 rings (SSSR count). The van der Waals surface area contributed by atoms with E-state index in [9.17, 15) is 4.79 Å². The van der Waals surface area contributed by atoms with Gasteiger partial charge in [-0.3, -0.25) is 0 Å². The molecule has 0 aromatic heterocycles. The molecule has 0 amide bonds. The molecule has 0 aliphatic carbocycles. The summed E-state index contributed by atoms with van der Waals surface area (Å²) in [5, 5.41) is 0.934. The second-order valence-corrected chi connectivity index (χ2v) is 9.00. The van der Waals surface area contributed by atoms with Crippen LogP contribution >= 0.6 is 27.7 Å². The van der Waals surface area contributed by atoms with E-state index in [1.54, 1.807) is 0 Å². The largest absolute Gasteiger partial charge is 0.456 e. The first kappa shape index (κ1) is 15.9. The maximum absolute atomic E-state index is 12.5. The third kappa shape index (κ3) is 2.58. The zero-order valence-corrected chi connectivity index (χ0v) is 15.4. The van der Waals surface area contributed by atoms with Crippen molar-refractivity contribution in [3.63, 3.8) is 0 Å². The first-order valence-electron chi connectivity index (χ1n) is 7.43. The molecule has 3 nitrogen and oxygen atoms in total. The van der Waals surface area contributed by atoms with Crippen molar-refractivity contribution in [2.75, 3.05) is 6.54 Å². The highest BCUT2D eigenvalue weighted by molar-refractivity contribution is 9.10.